The molecule has 0 bridgehead atoms. The first-order valence-electron chi connectivity index (χ1n) is 5.13. The van der Waals surface area contributed by atoms with Gasteiger partial charge in [-0.15, -0.1) is 0 Å². The summed E-state index contributed by atoms with van der Waals surface area (Å²) >= 11 is 3.96. The highest BCUT2D eigenvalue weighted by Crippen LogP contribution is 2.28. The standard InChI is InChI=1S/C12H18O3S/c1-7-4-9(11(14)10(13)6-16)5-8(2)12(7)15-3/h4-5,10-11,13-14,16H,6H2,1-3H3. The topological polar surface area (TPSA) is 49.7 Å². The highest BCUT2D eigenvalue weighted by atomic mass is 32.1. The Labute approximate surface area is 101 Å². The first kappa shape index (κ1) is 13.4. The molecule has 2 unspecified atom stereocenters. The van der Waals surface area contributed by atoms with E-state index in [2.05, 4.69) is 12.6 Å². The fourth-order valence-electron chi connectivity index (χ4n) is 1.80. The van der Waals surface area contributed by atoms with Crippen LogP contribution in [0.4, 0.5) is 0 Å². The van der Waals surface area contributed by atoms with Gasteiger partial charge in [-0.2, -0.15) is 12.6 Å². The predicted molar refractivity (Wildman–Crippen MR) is 67.3 cm³/mol. The normalized spacial score (nSPS) is 14.6. The summed E-state index contributed by atoms with van der Waals surface area (Å²) in [5, 5.41) is 19.4. The number of ether oxygens (including phenoxy) is 1. The number of methoxy groups -OCH3 is 1. The molecule has 0 aliphatic carbocycles. The Bertz CT molecular complexity index is 342. The maximum absolute atomic E-state index is 9.86. The second-order valence-electron chi connectivity index (χ2n) is 3.88. The van der Waals surface area contributed by atoms with E-state index in [1.165, 1.54) is 0 Å². The quantitative estimate of drug-likeness (QED) is 0.703. The first-order chi connectivity index (χ1) is 7.51. The van der Waals surface area contributed by atoms with Crippen molar-refractivity contribution in [2.24, 2.45) is 0 Å². The Morgan fingerprint density at radius 2 is 1.75 bits per heavy atom. The van der Waals surface area contributed by atoms with E-state index >= 15 is 0 Å². The average molecular weight is 242 g/mol. The van der Waals surface area contributed by atoms with Crippen LogP contribution in [0, 0.1) is 13.8 Å². The summed E-state index contributed by atoms with van der Waals surface area (Å²) in [6.45, 7) is 3.82. The van der Waals surface area contributed by atoms with Gasteiger partial charge in [-0.05, 0) is 42.7 Å². The van der Waals surface area contributed by atoms with Gasteiger partial charge in [-0.1, -0.05) is 0 Å². The van der Waals surface area contributed by atoms with Crippen molar-refractivity contribution in [2.45, 2.75) is 26.1 Å². The van der Waals surface area contributed by atoms with Crippen LogP contribution in [0.15, 0.2) is 12.1 Å². The summed E-state index contributed by atoms with van der Waals surface area (Å²) in [4.78, 5) is 0. The number of aliphatic hydroxyl groups excluding tert-OH is 2. The maximum atomic E-state index is 9.86. The zero-order chi connectivity index (χ0) is 12.3. The Hall–Kier alpha value is -0.710. The van der Waals surface area contributed by atoms with Crippen LogP contribution in [0.5, 0.6) is 5.75 Å². The van der Waals surface area contributed by atoms with Crippen molar-refractivity contribution in [3.63, 3.8) is 0 Å². The molecule has 0 radical (unpaired) electrons. The molecule has 16 heavy (non-hydrogen) atoms. The smallest absolute Gasteiger partial charge is 0.124 e. The molecule has 4 heteroatoms. The van der Waals surface area contributed by atoms with E-state index in [0.717, 1.165) is 16.9 Å². The largest absolute Gasteiger partial charge is 0.496 e. The van der Waals surface area contributed by atoms with E-state index in [4.69, 9.17) is 4.74 Å². The van der Waals surface area contributed by atoms with Crippen molar-refractivity contribution in [3.8, 4) is 5.75 Å². The number of hydrogen-bond donors (Lipinski definition) is 3. The van der Waals surface area contributed by atoms with Crippen LogP contribution in [0.2, 0.25) is 0 Å². The summed E-state index contributed by atoms with van der Waals surface area (Å²) < 4.78 is 5.24. The van der Waals surface area contributed by atoms with Crippen LogP contribution < -0.4 is 4.74 Å². The molecule has 2 atom stereocenters. The van der Waals surface area contributed by atoms with E-state index < -0.39 is 12.2 Å². The van der Waals surface area contributed by atoms with Gasteiger partial charge in [0.25, 0.3) is 0 Å². The van der Waals surface area contributed by atoms with Gasteiger partial charge in [-0.3, -0.25) is 0 Å². The van der Waals surface area contributed by atoms with Crippen molar-refractivity contribution in [1.29, 1.82) is 0 Å². The lowest BCUT2D eigenvalue weighted by atomic mass is 9.99. The van der Waals surface area contributed by atoms with Gasteiger partial charge in [0.1, 0.15) is 11.9 Å². The third-order valence-electron chi connectivity index (χ3n) is 2.58. The van der Waals surface area contributed by atoms with Gasteiger partial charge in [0, 0.05) is 5.75 Å². The SMILES string of the molecule is COc1c(C)cc(C(O)C(O)CS)cc1C. The summed E-state index contributed by atoms with van der Waals surface area (Å²) in [6, 6.07) is 3.65. The highest BCUT2D eigenvalue weighted by molar-refractivity contribution is 7.80. The zero-order valence-electron chi connectivity index (χ0n) is 9.77. The average Bonchev–Trinajstić information content (AvgIpc) is 2.26. The fraction of sp³-hybridized carbons (Fsp3) is 0.500. The monoisotopic (exact) mass is 242 g/mol. The predicted octanol–water partition coefficient (Wildman–Crippen LogP) is 1.64. The maximum Gasteiger partial charge on any atom is 0.124 e. The molecule has 1 aromatic rings. The highest BCUT2D eigenvalue weighted by Gasteiger charge is 2.18. The molecule has 0 spiro atoms. The summed E-state index contributed by atoms with van der Waals surface area (Å²) in [7, 11) is 1.62. The van der Waals surface area contributed by atoms with Crippen LogP contribution in [0.1, 0.15) is 22.8 Å². The van der Waals surface area contributed by atoms with Crippen LogP contribution in [0.25, 0.3) is 0 Å². The molecular formula is C12H18O3S. The Morgan fingerprint density at radius 3 is 2.12 bits per heavy atom. The fourth-order valence-corrected chi connectivity index (χ4v) is 2.00. The van der Waals surface area contributed by atoms with Gasteiger partial charge in [-0.25, -0.2) is 0 Å². The van der Waals surface area contributed by atoms with Crippen molar-refractivity contribution in [3.05, 3.63) is 28.8 Å². The molecule has 90 valence electrons. The Morgan fingerprint density at radius 1 is 1.25 bits per heavy atom. The molecule has 0 heterocycles. The first-order valence-corrected chi connectivity index (χ1v) is 5.76. The molecule has 1 rings (SSSR count). The number of thiol groups is 1. The van der Waals surface area contributed by atoms with Gasteiger partial charge < -0.3 is 14.9 Å². The number of aliphatic hydroxyl groups is 2. The molecule has 0 amide bonds. The van der Waals surface area contributed by atoms with Gasteiger partial charge in [0.2, 0.25) is 0 Å². The third kappa shape index (κ3) is 2.70. The molecule has 3 nitrogen and oxygen atoms in total. The van der Waals surface area contributed by atoms with Crippen LogP contribution in [-0.2, 0) is 0 Å². The lowest BCUT2D eigenvalue weighted by Crippen LogP contribution is -2.20. The lowest BCUT2D eigenvalue weighted by Gasteiger charge is -2.18. The van der Waals surface area contributed by atoms with E-state index in [9.17, 15) is 10.2 Å². The van der Waals surface area contributed by atoms with Gasteiger partial charge in [0.05, 0.1) is 13.2 Å². The van der Waals surface area contributed by atoms with Crippen molar-refractivity contribution in [1.82, 2.24) is 0 Å². The molecular weight excluding hydrogens is 224 g/mol. The second kappa shape index (κ2) is 5.57. The number of hydrogen-bond acceptors (Lipinski definition) is 4. The van der Waals surface area contributed by atoms with E-state index in [1.54, 1.807) is 7.11 Å². The molecule has 2 N–H and O–H groups in total. The minimum absolute atomic E-state index is 0.227. The molecule has 0 aromatic heterocycles. The van der Waals surface area contributed by atoms with Crippen LogP contribution >= 0.6 is 12.6 Å². The van der Waals surface area contributed by atoms with Gasteiger partial charge >= 0.3 is 0 Å². The summed E-state index contributed by atoms with van der Waals surface area (Å²) in [6.07, 6.45) is -1.75. The molecule has 0 aliphatic heterocycles. The van der Waals surface area contributed by atoms with E-state index in [1.807, 2.05) is 26.0 Å². The minimum Gasteiger partial charge on any atom is -0.496 e. The van der Waals surface area contributed by atoms with Crippen LogP contribution in [0.3, 0.4) is 0 Å². The van der Waals surface area contributed by atoms with E-state index in [-0.39, 0.29) is 5.75 Å². The Kier molecular flexibility index (Phi) is 4.65. The molecule has 0 saturated carbocycles. The number of rotatable bonds is 4. The minimum atomic E-state index is -0.902. The molecule has 0 aliphatic rings. The Balaban J connectivity index is 3.08. The molecule has 1 aromatic carbocycles. The van der Waals surface area contributed by atoms with Crippen molar-refractivity contribution < 1.29 is 14.9 Å². The zero-order valence-corrected chi connectivity index (χ0v) is 10.7. The van der Waals surface area contributed by atoms with Gasteiger partial charge in [0.15, 0.2) is 0 Å². The second-order valence-corrected chi connectivity index (χ2v) is 4.25. The number of benzene rings is 1. The lowest BCUT2D eigenvalue weighted by molar-refractivity contribution is 0.0337. The van der Waals surface area contributed by atoms with Crippen molar-refractivity contribution in [2.75, 3.05) is 12.9 Å². The van der Waals surface area contributed by atoms with Crippen molar-refractivity contribution >= 4 is 12.6 Å². The molecule has 0 saturated heterocycles. The van der Waals surface area contributed by atoms with Crippen LogP contribution in [-0.4, -0.2) is 29.2 Å². The molecule has 0 fully saturated rings. The third-order valence-corrected chi connectivity index (χ3v) is 2.95. The summed E-state index contributed by atoms with van der Waals surface area (Å²) in [5.74, 6) is 1.04. The van der Waals surface area contributed by atoms with E-state index in [0.29, 0.717) is 5.56 Å². The number of aryl methyl sites for hydroxylation is 2. The summed E-state index contributed by atoms with van der Waals surface area (Å²) in [5.41, 5.74) is 2.59.